The molecule has 0 aliphatic carbocycles. The van der Waals surface area contributed by atoms with Gasteiger partial charge in [-0.25, -0.2) is 4.98 Å². The van der Waals surface area contributed by atoms with E-state index < -0.39 is 11.4 Å². The summed E-state index contributed by atoms with van der Waals surface area (Å²) in [5.74, 6) is -0.445. The maximum absolute atomic E-state index is 13.3. The molecule has 0 saturated carbocycles. The molecule has 94 valence electrons. The quantitative estimate of drug-likeness (QED) is 0.725. The first kappa shape index (κ1) is 11.6. The van der Waals surface area contributed by atoms with E-state index in [-0.39, 0.29) is 5.69 Å². The predicted octanol–water partition coefficient (Wildman–Crippen LogP) is 3.04. The highest BCUT2D eigenvalue weighted by Crippen LogP contribution is 2.21. The topological polar surface area (TPSA) is 45.8 Å². The Morgan fingerprint density at radius 2 is 1.84 bits per heavy atom. The van der Waals surface area contributed by atoms with E-state index in [1.54, 1.807) is 0 Å². The average molecular weight is 254 g/mol. The van der Waals surface area contributed by atoms with E-state index in [2.05, 4.69) is 9.97 Å². The van der Waals surface area contributed by atoms with Crippen molar-refractivity contribution in [2.45, 2.75) is 6.92 Å². The molecule has 4 heteroatoms. The molecular formula is C15H11FN2O. The first-order valence-corrected chi connectivity index (χ1v) is 5.91. The van der Waals surface area contributed by atoms with Crippen molar-refractivity contribution in [3.05, 3.63) is 64.3 Å². The first-order chi connectivity index (χ1) is 9.15. The number of aromatic amines is 1. The highest BCUT2D eigenvalue weighted by atomic mass is 19.1. The fraction of sp³-hybridized carbons (Fsp3) is 0.0667. The second-order valence-corrected chi connectivity index (χ2v) is 4.38. The third kappa shape index (κ3) is 2.01. The minimum atomic E-state index is -0.829. The van der Waals surface area contributed by atoms with Crippen molar-refractivity contribution < 1.29 is 4.39 Å². The van der Waals surface area contributed by atoms with Crippen LogP contribution in [0.1, 0.15) is 5.69 Å². The summed E-state index contributed by atoms with van der Waals surface area (Å²) in [5, 5.41) is 2.15. The molecule has 0 atom stereocenters. The number of benzene rings is 2. The van der Waals surface area contributed by atoms with Crippen molar-refractivity contribution in [3.63, 3.8) is 0 Å². The lowest BCUT2D eigenvalue weighted by molar-refractivity contribution is 0.589. The fourth-order valence-electron chi connectivity index (χ4n) is 2.04. The molecular weight excluding hydrogens is 243 g/mol. The molecule has 0 amide bonds. The molecule has 2 aromatic carbocycles. The van der Waals surface area contributed by atoms with Crippen LogP contribution in [0.3, 0.4) is 0 Å². The number of hydrogen-bond acceptors (Lipinski definition) is 2. The average Bonchev–Trinajstić information content (AvgIpc) is 2.43. The fourth-order valence-corrected chi connectivity index (χ4v) is 2.04. The minimum Gasteiger partial charge on any atom is -0.304 e. The molecule has 1 aromatic heterocycles. The molecule has 0 saturated heterocycles. The van der Waals surface area contributed by atoms with Crippen molar-refractivity contribution in [3.8, 4) is 11.4 Å². The third-order valence-electron chi connectivity index (χ3n) is 3.05. The van der Waals surface area contributed by atoms with Crippen LogP contribution >= 0.6 is 0 Å². The van der Waals surface area contributed by atoms with Crippen molar-refractivity contribution >= 4 is 10.8 Å². The zero-order chi connectivity index (χ0) is 13.4. The Kier molecular flexibility index (Phi) is 2.63. The van der Waals surface area contributed by atoms with E-state index in [9.17, 15) is 9.18 Å². The van der Waals surface area contributed by atoms with Crippen LogP contribution < -0.4 is 5.56 Å². The molecule has 3 nitrogen and oxygen atoms in total. The predicted molar refractivity (Wildman–Crippen MR) is 72.5 cm³/mol. The van der Waals surface area contributed by atoms with Gasteiger partial charge in [-0.15, -0.1) is 0 Å². The Morgan fingerprint density at radius 1 is 1.11 bits per heavy atom. The Morgan fingerprint density at radius 3 is 2.58 bits per heavy atom. The summed E-state index contributed by atoms with van der Waals surface area (Å²) in [6, 6.07) is 13.6. The Hall–Kier alpha value is -2.49. The standard InChI is InChI=1S/C15H11FN2O/c1-9-13(16)15(19)18-14(17-9)12-7-6-10-4-2-3-5-11(10)8-12/h2-8H,1H3,(H,17,18,19). The summed E-state index contributed by atoms with van der Waals surface area (Å²) >= 11 is 0. The number of rotatable bonds is 1. The molecule has 0 aliphatic rings. The molecule has 0 fully saturated rings. The Bertz CT molecular complexity index is 824. The molecule has 19 heavy (non-hydrogen) atoms. The Balaban J connectivity index is 2.22. The van der Waals surface area contributed by atoms with Crippen molar-refractivity contribution in [1.29, 1.82) is 0 Å². The lowest BCUT2D eigenvalue weighted by Crippen LogP contribution is -2.15. The van der Waals surface area contributed by atoms with Crippen LogP contribution in [0.25, 0.3) is 22.2 Å². The number of nitrogens with zero attached hydrogens (tertiary/aromatic N) is 1. The van der Waals surface area contributed by atoms with E-state index in [0.717, 1.165) is 16.3 Å². The lowest BCUT2D eigenvalue weighted by Gasteiger charge is -2.04. The smallest absolute Gasteiger partial charge is 0.287 e. The summed E-state index contributed by atoms with van der Waals surface area (Å²) in [5.41, 5.74) is 0.126. The Labute approximate surface area is 108 Å². The summed E-state index contributed by atoms with van der Waals surface area (Å²) in [6.45, 7) is 1.48. The summed E-state index contributed by atoms with van der Waals surface area (Å²) in [4.78, 5) is 18.0. The molecule has 1 N–H and O–H groups in total. The van der Waals surface area contributed by atoms with Gasteiger partial charge in [-0.2, -0.15) is 4.39 Å². The van der Waals surface area contributed by atoms with Crippen LogP contribution in [-0.2, 0) is 0 Å². The zero-order valence-electron chi connectivity index (χ0n) is 10.3. The van der Waals surface area contributed by atoms with Crippen LogP contribution in [-0.4, -0.2) is 9.97 Å². The van der Waals surface area contributed by atoms with Gasteiger partial charge in [-0.05, 0) is 23.8 Å². The maximum Gasteiger partial charge on any atom is 0.287 e. The van der Waals surface area contributed by atoms with Gasteiger partial charge in [0.1, 0.15) is 5.82 Å². The van der Waals surface area contributed by atoms with Crippen LogP contribution in [0.2, 0.25) is 0 Å². The second-order valence-electron chi connectivity index (χ2n) is 4.38. The lowest BCUT2D eigenvalue weighted by atomic mass is 10.1. The molecule has 0 unspecified atom stereocenters. The number of aryl methyl sites for hydroxylation is 1. The molecule has 3 aromatic rings. The highest BCUT2D eigenvalue weighted by molar-refractivity contribution is 5.86. The number of hydrogen-bond donors (Lipinski definition) is 1. The van der Waals surface area contributed by atoms with Crippen molar-refractivity contribution in [2.24, 2.45) is 0 Å². The molecule has 1 heterocycles. The van der Waals surface area contributed by atoms with E-state index in [0.29, 0.717) is 5.82 Å². The monoisotopic (exact) mass is 254 g/mol. The number of nitrogens with one attached hydrogen (secondary N) is 1. The van der Waals surface area contributed by atoms with Gasteiger partial charge in [0, 0.05) is 5.56 Å². The highest BCUT2D eigenvalue weighted by Gasteiger charge is 2.08. The SMILES string of the molecule is Cc1nc(-c2ccc3ccccc3c2)[nH]c(=O)c1F. The van der Waals surface area contributed by atoms with E-state index in [1.165, 1.54) is 6.92 Å². The summed E-state index contributed by atoms with van der Waals surface area (Å²) < 4.78 is 13.3. The number of aromatic nitrogens is 2. The van der Waals surface area contributed by atoms with Gasteiger partial charge < -0.3 is 4.98 Å². The number of fused-ring (bicyclic) bond motifs is 1. The van der Waals surface area contributed by atoms with Crippen LogP contribution in [0, 0.1) is 12.7 Å². The molecule has 0 radical (unpaired) electrons. The zero-order valence-corrected chi connectivity index (χ0v) is 10.3. The molecule has 0 bridgehead atoms. The van der Waals surface area contributed by atoms with E-state index in [4.69, 9.17) is 0 Å². The first-order valence-electron chi connectivity index (χ1n) is 5.91. The largest absolute Gasteiger partial charge is 0.304 e. The summed E-state index contributed by atoms with van der Waals surface area (Å²) in [7, 11) is 0. The number of H-pyrrole nitrogens is 1. The van der Waals surface area contributed by atoms with Gasteiger partial charge in [0.05, 0.1) is 5.69 Å². The van der Waals surface area contributed by atoms with Gasteiger partial charge in [0.15, 0.2) is 0 Å². The number of halogens is 1. The van der Waals surface area contributed by atoms with Crippen LogP contribution in [0.4, 0.5) is 4.39 Å². The van der Waals surface area contributed by atoms with Crippen molar-refractivity contribution in [2.75, 3.05) is 0 Å². The normalized spacial score (nSPS) is 10.8. The van der Waals surface area contributed by atoms with Crippen LogP contribution in [0.15, 0.2) is 47.3 Å². The maximum atomic E-state index is 13.3. The second kappa shape index (κ2) is 4.31. The van der Waals surface area contributed by atoms with Gasteiger partial charge in [0.2, 0.25) is 5.82 Å². The third-order valence-corrected chi connectivity index (χ3v) is 3.05. The van der Waals surface area contributed by atoms with Crippen molar-refractivity contribution in [1.82, 2.24) is 9.97 Å². The van der Waals surface area contributed by atoms with E-state index >= 15 is 0 Å². The van der Waals surface area contributed by atoms with Gasteiger partial charge in [-0.3, -0.25) is 4.79 Å². The van der Waals surface area contributed by atoms with Gasteiger partial charge >= 0.3 is 0 Å². The van der Waals surface area contributed by atoms with Gasteiger partial charge in [-0.1, -0.05) is 36.4 Å². The summed E-state index contributed by atoms with van der Waals surface area (Å²) in [6.07, 6.45) is 0. The molecule has 3 rings (SSSR count). The van der Waals surface area contributed by atoms with Crippen LogP contribution in [0.5, 0.6) is 0 Å². The van der Waals surface area contributed by atoms with E-state index in [1.807, 2.05) is 42.5 Å². The minimum absolute atomic E-state index is 0.104. The van der Waals surface area contributed by atoms with Gasteiger partial charge in [0.25, 0.3) is 5.56 Å². The molecule has 0 spiro atoms. The molecule has 0 aliphatic heterocycles.